The van der Waals surface area contributed by atoms with Crippen LogP contribution in [0.2, 0.25) is 0 Å². The highest BCUT2D eigenvalue weighted by Crippen LogP contribution is 2.28. The van der Waals surface area contributed by atoms with Crippen molar-refractivity contribution < 1.29 is 27.4 Å². The smallest absolute Gasteiger partial charge is 0.326 e. The molecule has 30 heavy (non-hydrogen) atoms. The fourth-order valence-electron chi connectivity index (χ4n) is 2.68. The minimum atomic E-state index is -4.02. The molecule has 0 aliphatic heterocycles. The second kappa shape index (κ2) is 9.32. The summed E-state index contributed by atoms with van der Waals surface area (Å²) in [6.45, 7) is -0.469. The number of carbonyl (C=O) groups is 1. The molecule has 0 spiro atoms. The number of para-hydroxylation sites is 1. The normalized spacial score (nSPS) is 10.9. The third-order valence-corrected chi connectivity index (χ3v) is 6.04. The van der Waals surface area contributed by atoms with Crippen molar-refractivity contribution in [1.82, 2.24) is 0 Å². The second-order valence-corrected chi connectivity index (χ2v) is 8.03. The Morgan fingerprint density at radius 1 is 0.800 bits per heavy atom. The van der Waals surface area contributed by atoms with Gasteiger partial charge in [-0.2, -0.15) is 0 Å². The van der Waals surface area contributed by atoms with E-state index in [2.05, 4.69) is 4.74 Å². The summed E-state index contributed by atoms with van der Waals surface area (Å²) in [5, 5.41) is 0. The van der Waals surface area contributed by atoms with Crippen LogP contribution in [-0.4, -0.2) is 35.2 Å². The highest BCUT2D eigenvalue weighted by molar-refractivity contribution is 7.92. The van der Waals surface area contributed by atoms with Crippen molar-refractivity contribution in [2.45, 2.75) is 4.90 Å². The van der Waals surface area contributed by atoms with Crippen molar-refractivity contribution >= 4 is 21.7 Å². The van der Waals surface area contributed by atoms with E-state index in [1.807, 2.05) is 30.3 Å². The summed E-state index contributed by atoms with van der Waals surface area (Å²) in [6.07, 6.45) is 0. The number of anilines is 1. The Morgan fingerprint density at radius 3 is 1.93 bits per heavy atom. The first-order chi connectivity index (χ1) is 14.4. The summed E-state index contributed by atoms with van der Waals surface area (Å²) in [7, 11) is -1.32. The van der Waals surface area contributed by atoms with Crippen LogP contribution in [-0.2, 0) is 19.6 Å². The van der Waals surface area contributed by atoms with Crippen LogP contribution in [0.25, 0.3) is 0 Å². The molecule has 3 aromatic carbocycles. The van der Waals surface area contributed by atoms with Crippen LogP contribution in [0.1, 0.15) is 0 Å². The van der Waals surface area contributed by atoms with Gasteiger partial charge in [0, 0.05) is 0 Å². The van der Waals surface area contributed by atoms with Gasteiger partial charge in [0.2, 0.25) is 0 Å². The summed E-state index contributed by atoms with van der Waals surface area (Å²) in [6, 6.07) is 21.5. The number of carbonyl (C=O) groups excluding carboxylic acids is 1. The fraction of sp³-hybridized carbons (Fsp3) is 0.136. The minimum Gasteiger partial charge on any atom is -0.497 e. The number of benzene rings is 3. The number of hydrogen-bond acceptors (Lipinski definition) is 6. The molecule has 0 saturated carbocycles. The number of methoxy groups -OCH3 is 2. The number of sulfonamides is 1. The number of esters is 1. The number of ether oxygens (including phenoxy) is 3. The molecule has 0 aliphatic rings. The average molecular weight is 427 g/mol. The van der Waals surface area contributed by atoms with Gasteiger partial charge in [0.15, 0.2) is 0 Å². The van der Waals surface area contributed by atoms with Gasteiger partial charge in [0.05, 0.1) is 24.8 Å². The molecule has 0 fully saturated rings. The Bertz CT molecular complexity index is 1080. The minimum absolute atomic E-state index is 0.0248. The zero-order valence-electron chi connectivity index (χ0n) is 16.5. The lowest BCUT2D eigenvalue weighted by Crippen LogP contribution is -2.36. The van der Waals surface area contributed by atoms with Gasteiger partial charge in [0.1, 0.15) is 23.8 Å². The number of nitrogens with zero attached hydrogens (tertiary/aromatic N) is 1. The van der Waals surface area contributed by atoms with Gasteiger partial charge in [-0.3, -0.25) is 9.10 Å². The molecule has 0 amide bonds. The Kier molecular flexibility index (Phi) is 6.58. The van der Waals surface area contributed by atoms with E-state index >= 15 is 0 Å². The van der Waals surface area contributed by atoms with Gasteiger partial charge >= 0.3 is 5.97 Å². The van der Waals surface area contributed by atoms with Crippen molar-refractivity contribution in [3.63, 3.8) is 0 Å². The molecule has 0 saturated heterocycles. The van der Waals surface area contributed by atoms with Crippen LogP contribution in [0.5, 0.6) is 17.2 Å². The van der Waals surface area contributed by atoms with E-state index < -0.39 is 22.5 Å². The average Bonchev–Trinajstić information content (AvgIpc) is 2.78. The molecule has 3 rings (SSSR count). The number of hydrogen-bond donors (Lipinski definition) is 0. The van der Waals surface area contributed by atoms with E-state index in [4.69, 9.17) is 9.47 Å². The molecule has 156 valence electrons. The predicted molar refractivity (Wildman–Crippen MR) is 112 cm³/mol. The van der Waals surface area contributed by atoms with Crippen molar-refractivity contribution in [2.24, 2.45) is 0 Å². The third-order valence-electron chi connectivity index (χ3n) is 4.25. The maximum atomic E-state index is 13.2. The molecule has 0 heterocycles. The first-order valence-corrected chi connectivity index (χ1v) is 10.4. The van der Waals surface area contributed by atoms with Gasteiger partial charge < -0.3 is 14.2 Å². The molecular formula is C22H21NO6S. The van der Waals surface area contributed by atoms with E-state index in [0.717, 1.165) is 4.31 Å². The lowest BCUT2D eigenvalue weighted by molar-refractivity contribution is -0.138. The van der Waals surface area contributed by atoms with Gasteiger partial charge in [0.25, 0.3) is 10.0 Å². The topological polar surface area (TPSA) is 82.1 Å². The molecule has 3 aromatic rings. The summed E-state index contributed by atoms with van der Waals surface area (Å²) in [5.41, 5.74) is 0.302. The van der Waals surface area contributed by atoms with Crippen LogP contribution in [0.15, 0.2) is 83.8 Å². The monoisotopic (exact) mass is 427 g/mol. The van der Waals surface area contributed by atoms with Crippen LogP contribution in [0.3, 0.4) is 0 Å². The molecule has 0 bridgehead atoms. The van der Waals surface area contributed by atoms with E-state index in [1.54, 1.807) is 36.4 Å². The zero-order valence-corrected chi connectivity index (χ0v) is 17.3. The van der Waals surface area contributed by atoms with Gasteiger partial charge in [-0.15, -0.1) is 0 Å². The lowest BCUT2D eigenvalue weighted by atomic mass is 10.3. The van der Waals surface area contributed by atoms with Crippen LogP contribution in [0, 0.1) is 0 Å². The predicted octanol–water partition coefficient (Wildman–Crippen LogP) is 3.86. The van der Waals surface area contributed by atoms with Crippen molar-refractivity contribution in [3.05, 3.63) is 78.9 Å². The molecule has 7 nitrogen and oxygen atoms in total. The summed E-state index contributed by atoms with van der Waals surface area (Å²) >= 11 is 0. The maximum absolute atomic E-state index is 13.2. The Morgan fingerprint density at radius 2 is 1.37 bits per heavy atom. The fourth-order valence-corrected chi connectivity index (χ4v) is 4.09. The van der Waals surface area contributed by atoms with Gasteiger partial charge in [-0.05, 0) is 60.7 Å². The van der Waals surface area contributed by atoms with Crippen LogP contribution < -0.4 is 13.8 Å². The lowest BCUT2D eigenvalue weighted by Gasteiger charge is -2.23. The molecular weight excluding hydrogens is 406 g/mol. The molecule has 0 atom stereocenters. The molecule has 0 N–H and O–H groups in total. The van der Waals surface area contributed by atoms with Crippen LogP contribution in [0.4, 0.5) is 5.69 Å². The van der Waals surface area contributed by atoms with Crippen LogP contribution >= 0.6 is 0 Å². The Labute approximate surface area is 175 Å². The van der Waals surface area contributed by atoms with Gasteiger partial charge in [-0.25, -0.2) is 8.42 Å². The first kappa shape index (κ1) is 21.2. The largest absolute Gasteiger partial charge is 0.497 e. The van der Waals surface area contributed by atoms with E-state index in [-0.39, 0.29) is 4.90 Å². The van der Waals surface area contributed by atoms with Crippen molar-refractivity contribution in [1.29, 1.82) is 0 Å². The molecule has 0 unspecified atom stereocenters. The van der Waals surface area contributed by atoms with Crippen molar-refractivity contribution in [3.8, 4) is 17.2 Å². The molecule has 8 heteroatoms. The maximum Gasteiger partial charge on any atom is 0.326 e. The Balaban J connectivity index is 1.91. The van der Waals surface area contributed by atoms with Gasteiger partial charge in [-0.1, -0.05) is 18.2 Å². The molecule has 0 radical (unpaired) electrons. The van der Waals surface area contributed by atoms with E-state index in [0.29, 0.717) is 22.9 Å². The van der Waals surface area contributed by atoms with E-state index in [9.17, 15) is 13.2 Å². The standard InChI is InChI=1S/C22H21NO6S/c1-27-18-12-14-21(15-13-18)30(25,26)23(16-22(24)28-2)17-8-10-20(11-9-17)29-19-6-4-3-5-7-19/h3-15H,16H2,1-2H3. The third kappa shape index (κ3) is 4.90. The Hall–Kier alpha value is -3.52. The summed E-state index contributed by atoms with van der Waals surface area (Å²) in [5.74, 6) is 1.03. The first-order valence-electron chi connectivity index (χ1n) is 9.00. The summed E-state index contributed by atoms with van der Waals surface area (Å²) < 4.78 is 42.9. The van der Waals surface area contributed by atoms with Crippen molar-refractivity contribution in [2.75, 3.05) is 25.1 Å². The number of rotatable bonds is 8. The summed E-state index contributed by atoms with van der Waals surface area (Å²) in [4.78, 5) is 11.9. The van der Waals surface area contributed by atoms with E-state index in [1.165, 1.54) is 26.4 Å². The zero-order chi connectivity index (χ0) is 21.6. The molecule has 0 aromatic heterocycles. The second-order valence-electron chi connectivity index (χ2n) is 6.17. The highest BCUT2D eigenvalue weighted by Gasteiger charge is 2.27. The highest BCUT2D eigenvalue weighted by atomic mass is 32.2. The SMILES string of the molecule is COC(=O)CN(c1ccc(Oc2ccccc2)cc1)S(=O)(=O)c1ccc(OC)cc1. The quantitative estimate of drug-likeness (QED) is 0.508. The molecule has 0 aliphatic carbocycles.